The van der Waals surface area contributed by atoms with E-state index in [1.165, 1.54) is 11.4 Å². The summed E-state index contributed by atoms with van der Waals surface area (Å²) in [4.78, 5) is 35.9. The van der Waals surface area contributed by atoms with Crippen molar-refractivity contribution in [1.29, 1.82) is 0 Å². The van der Waals surface area contributed by atoms with E-state index in [0.29, 0.717) is 0 Å². The van der Waals surface area contributed by atoms with Crippen LogP contribution >= 0.6 is 49.6 Å². The minimum absolute atomic E-state index is 0. The van der Waals surface area contributed by atoms with Crippen LogP contribution in [0.1, 0.15) is 25.7 Å². The van der Waals surface area contributed by atoms with Gasteiger partial charge in [0.05, 0.1) is 13.1 Å². The molecule has 15 heteroatoms. The molecule has 4 aliphatic rings. The van der Waals surface area contributed by atoms with Gasteiger partial charge in [-0.25, -0.2) is 9.59 Å². The molecule has 2 N–H and O–H groups in total. The second-order valence-corrected chi connectivity index (χ2v) is 12.4. The summed E-state index contributed by atoms with van der Waals surface area (Å²) >= 11 is 0. The fourth-order valence-electron chi connectivity index (χ4n) is 6.42. The van der Waals surface area contributed by atoms with Crippen molar-refractivity contribution in [2.45, 2.75) is 37.9 Å². The first kappa shape index (κ1) is 46.6. The zero-order valence-corrected chi connectivity index (χ0v) is 32.0. The number of halogens is 4. The number of anilines is 2. The van der Waals surface area contributed by atoms with Crippen molar-refractivity contribution >= 4 is 73.2 Å². The number of carbonyl (C=O) groups excluding carboxylic acids is 2. The Bertz CT molecular complexity index is 1090. The van der Waals surface area contributed by atoms with Crippen LogP contribution in [0.25, 0.3) is 0 Å². The van der Waals surface area contributed by atoms with Gasteiger partial charge in [0.15, 0.2) is 0 Å². The topological polar surface area (TPSA) is 104 Å². The van der Waals surface area contributed by atoms with Gasteiger partial charge in [-0.1, -0.05) is 36.4 Å². The number of hydrogen-bond acceptors (Lipinski definition) is 8. The van der Waals surface area contributed by atoms with Gasteiger partial charge in [-0.15, -0.1) is 49.6 Å². The lowest BCUT2D eigenvalue weighted by atomic mass is 10.1. The molecule has 280 valence electrons. The Morgan fingerprint density at radius 1 is 0.551 bits per heavy atom. The molecule has 49 heavy (non-hydrogen) atoms. The summed E-state index contributed by atoms with van der Waals surface area (Å²) in [5.41, 5.74) is 2.64. The lowest BCUT2D eigenvalue weighted by Gasteiger charge is -2.36. The highest BCUT2D eigenvalue weighted by Crippen LogP contribution is 2.19. The van der Waals surface area contributed by atoms with Crippen molar-refractivity contribution in [3.63, 3.8) is 0 Å². The summed E-state index contributed by atoms with van der Waals surface area (Å²) in [6, 6.07) is 21.2. The fourth-order valence-corrected chi connectivity index (χ4v) is 6.42. The van der Waals surface area contributed by atoms with Crippen LogP contribution in [0.5, 0.6) is 0 Å². The van der Waals surface area contributed by atoms with Gasteiger partial charge in [0.2, 0.25) is 0 Å². The van der Waals surface area contributed by atoms with Gasteiger partial charge in [0, 0.05) is 77.8 Å². The Labute approximate surface area is 317 Å². The maximum absolute atomic E-state index is 11.3. The lowest BCUT2D eigenvalue weighted by molar-refractivity contribution is 0.126. The largest absolute Gasteiger partial charge is 0.444 e. The molecule has 0 aromatic heterocycles. The molecular formula is C34H56Cl4N6O5. The van der Waals surface area contributed by atoms with Crippen LogP contribution in [-0.4, -0.2) is 142 Å². The molecule has 4 aliphatic heterocycles. The summed E-state index contributed by atoms with van der Waals surface area (Å²) in [6.45, 7) is 12.5. The lowest BCUT2D eigenvalue weighted by Crippen LogP contribution is -2.46. The highest BCUT2D eigenvalue weighted by molar-refractivity contribution is 5.86. The van der Waals surface area contributed by atoms with Crippen LogP contribution in [0.2, 0.25) is 0 Å². The van der Waals surface area contributed by atoms with Gasteiger partial charge < -0.3 is 34.5 Å². The molecule has 2 atom stereocenters. The van der Waals surface area contributed by atoms with Crippen LogP contribution in [0.4, 0.5) is 21.0 Å². The predicted molar refractivity (Wildman–Crippen MR) is 207 cm³/mol. The molecule has 2 aromatic rings. The van der Waals surface area contributed by atoms with E-state index in [0.717, 1.165) is 104 Å². The third-order valence-corrected chi connectivity index (χ3v) is 9.10. The third kappa shape index (κ3) is 14.4. The first-order valence-electron chi connectivity index (χ1n) is 16.3. The zero-order valence-electron chi connectivity index (χ0n) is 28.7. The highest BCUT2D eigenvalue weighted by Gasteiger charge is 2.29. The number of cyclic esters (lactones) is 2. The number of hydrogen-bond donors (Lipinski definition) is 0. The van der Waals surface area contributed by atoms with Gasteiger partial charge in [-0.2, -0.15) is 0 Å². The summed E-state index contributed by atoms with van der Waals surface area (Å²) in [7, 11) is 3.59. The van der Waals surface area contributed by atoms with E-state index in [4.69, 9.17) is 9.47 Å². The Balaban J connectivity index is 0.000000853. The average molecular weight is 771 g/mol. The number of likely N-dealkylation sites (N-methyl/N-ethyl adjacent to an activating group) is 2. The van der Waals surface area contributed by atoms with Crippen molar-refractivity contribution in [2.75, 3.05) is 102 Å². The Kier molecular flexibility index (Phi) is 22.8. The number of ether oxygens (including phenoxy) is 2. The molecular weight excluding hydrogens is 714 g/mol. The van der Waals surface area contributed by atoms with E-state index in [-0.39, 0.29) is 79.5 Å². The minimum atomic E-state index is -0.179. The van der Waals surface area contributed by atoms with Crippen LogP contribution in [0, 0.1) is 0 Å². The second-order valence-electron chi connectivity index (χ2n) is 12.4. The van der Waals surface area contributed by atoms with Crippen molar-refractivity contribution < 1.29 is 24.5 Å². The summed E-state index contributed by atoms with van der Waals surface area (Å²) in [6.07, 6.45) is 3.94. The van der Waals surface area contributed by atoms with Gasteiger partial charge in [0.1, 0.15) is 12.2 Å². The molecule has 0 saturated carbocycles. The molecule has 0 radical (unpaired) electrons. The summed E-state index contributed by atoms with van der Waals surface area (Å²) in [5.74, 6) is 0. The quantitative estimate of drug-likeness (QED) is 0.335. The molecule has 0 bridgehead atoms. The smallest absolute Gasteiger partial charge is 0.409 e. The molecule has 2 amide bonds. The standard InChI is InChI=1S/2C17H25N3O2.4ClH.H2O/c2*1-18-14-16(22-17(18)21)8-5-9-19-10-12-20(13-11-19)15-6-3-2-4-7-15;;;;;/h2*2-4,6-7,16H,5,8-14H2,1H3;4*1H;1H2. The molecule has 2 unspecified atom stereocenters. The fraction of sp³-hybridized carbons (Fsp3) is 0.588. The van der Waals surface area contributed by atoms with Crippen LogP contribution in [0.15, 0.2) is 60.7 Å². The molecule has 0 spiro atoms. The Morgan fingerprint density at radius 2 is 0.878 bits per heavy atom. The number of carbonyl (C=O) groups is 2. The number of benzene rings is 2. The van der Waals surface area contributed by atoms with Crippen molar-refractivity contribution in [3.8, 4) is 0 Å². The second kappa shape index (κ2) is 23.9. The van der Waals surface area contributed by atoms with Crippen molar-refractivity contribution in [3.05, 3.63) is 60.7 Å². The first-order valence-corrected chi connectivity index (χ1v) is 16.3. The normalized spacial score (nSPS) is 20.6. The van der Waals surface area contributed by atoms with E-state index in [1.807, 2.05) is 0 Å². The maximum Gasteiger partial charge on any atom is 0.409 e. The van der Waals surface area contributed by atoms with Gasteiger partial charge in [-0.05, 0) is 63.0 Å². The Hall–Kier alpha value is -2.38. The van der Waals surface area contributed by atoms with Gasteiger partial charge in [0.25, 0.3) is 0 Å². The molecule has 4 saturated heterocycles. The first-order chi connectivity index (χ1) is 21.4. The molecule has 4 fully saturated rings. The molecule has 0 aliphatic carbocycles. The molecule has 11 nitrogen and oxygen atoms in total. The van der Waals surface area contributed by atoms with Crippen LogP contribution in [-0.2, 0) is 9.47 Å². The number of nitrogens with zero attached hydrogens (tertiary/aromatic N) is 6. The van der Waals surface area contributed by atoms with E-state index >= 15 is 0 Å². The third-order valence-electron chi connectivity index (χ3n) is 9.10. The minimum Gasteiger partial charge on any atom is -0.444 e. The van der Waals surface area contributed by atoms with Crippen molar-refractivity contribution in [2.24, 2.45) is 0 Å². The SMILES string of the molecule is CN1CC(CCCN2CCN(c3ccccc3)CC2)OC1=O.CN1CC(CCCN2CCN(c3ccccc3)CC2)OC1=O.Cl.Cl.Cl.Cl.O. The van der Waals surface area contributed by atoms with E-state index in [2.05, 4.69) is 80.3 Å². The molecule has 6 rings (SSSR count). The van der Waals surface area contributed by atoms with Gasteiger partial charge in [-0.3, -0.25) is 9.80 Å². The zero-order chi connectivity index (χ0) is 30.7. The van der Waals surface area contributed by atoms with Crippen LogP contribution < -0.4 is 9.80 Å². The average Bonchev–Trinajstić information content (AvgIpc) is 3.56. The number of piperazine rings is 2. The highest BCUT2D eigenvalue weighted by atomic mass is 35.5. The summed E-state index contributed by atoms with van der Waals surface area (Å²) in [5, 5.41) is 0. The molecule has 4 heterocycles. The number of para-hydroxylation sites is 2. The summed E-state index contributed by atoms with van der Waals surface area (Å²) < 4.78 is 10.6. The van der Waals surface area contributed by atoms with E-state index in [9.17, 15) is 9.59 Å². The van der Waals surface area contributed by atoms with E-state index in [1.54, 1.807) is 23.9 Å². The molecule has 2 aromatic carbocycles. The monoisotopic (exact) mass is 768 g/mol. The van der Waals surface area contributed by atoms with Crippen LogP contribution in [0.3, 0.4) is 0 Å². The number of rotatable bonds is 10. The van der Waals surface area contributed by atoms with Crippen molar-refractivity contribution in [1.82, 2.24) is 19.6 Å². The number of amides is 2. The van der Waals surface area contributed by atoms with Gasteiger partial charge >= 0.3 is 12.2 Å². The predicted octanol–water partition coefficient (Wildman–Crippen LogP) is 4.94. The Morgan fingerprint density at radius 3 is 1.16 bits per heavy atom. The van der Waals surface area contributed by atoms with E-state index < -0.39 is 0 Å². The maximum atomic E-state index is 11.3.